The molecule has 0 atom stereocenters. The Morgan fingerprint density at radius 2 is 2.05 bits per heavy atom. The first-order chi connectivity index (χ1) is 8.91. The molecule has 1 rings (SSSR count). The fourth-order valence-electron chi connectivity index (χ4n) is 1.44. The van der Waals surface area contributed by atoms with E-state index >= 15 is 0 Å². The van der Waals surface area contributed by atoms with Gasteiger partial charge in [-0.25, -0.2) is 8.42 Å². The summed E-state index contributed by atoms with van der Waals surface area (Å²) in [6.45, 7) is 4.13. The molecule has 0 aromatic carbocycles. The lowest BCUT2D eigenvalue weighted by Gasteiger charge is -2.15. The van der Waals surface area contributed by atoms with Crippen molar-refractivity contribution in [3.8, 4) is 0 Å². The third-order valence-electron chi connectivity index (χ3n) is 2.59. The van der Waals surface area contributed by atoms with Gasteiger partial charge in [0.25, 0.3) is 10.0 Å². The largest absolute Gasteiger partial charge is 0.466 e. The quantitative estimate of drug-likeness (QED) is 0.722. The number of hydrogen-bond acceptors (Lipinski definition) is 5. The van der Waals surface area contributed by atoms with Gasteiger partial charge in [0.2, 0.25) is 0 Å². The molecule has 0 N–H and O–H groups in total. The van der Waals surface area contributed by atoms with Crippen molar-refractivity contribution in [1.29, 1.82) is 0 Å². The Kier molecular flexibility index (Phi) is 5.96. The minimum absolute atomic E-state index is 0.0651. The lowest BCUT2D eigenvalue weighted by molar-refractivity contribution is -0.143. The number of esters is 1. The third kappa shape index (κ3) is 4.29. The number of sulfonamides is 1. The molecule has 0 amide bonds. The number of aryl methyl sites for hydroxylation is 1. The van der Waals surface area contributed by atoms with Crippen LogP contribution in [0, 0.1) is 0 Å². The molecule has 7 heteroatoms. The molecular weight excluding hydrogens is 286 g/mol. The van der Waals surface area contributed by atoms with Gasteiger partial charge in [0.05, 0.1) is 13.0 Å². The van der Waals surface area contributed by atoms with Crippen molar-refractivity contribution in [1.82, 2.24) is 4.31 Å². The van der Waals surface area contributed by atoms with Crippen LogP contribution in [-0.4, -0.2) is 38.9 Å². The molecule has 5 nitrogen and oxygen atoms in total. The van der Waals surface area contributed by atoms with Gasteiger partial charge in [-0.2, -0.15) is 4.31 Å². The molecule has 1 aromatic rings. The first-order valence-corrected chi connectivity index (χ1v) is 8.38. The van der Waals surface area contributed by atoms with Crippen LogP contribution in [0.3, 0.4) is 0 Å². The maximum absolute atomic E-state index is 12.2. The highest BCUT2D eigenvalue weighted by Crippen LogP contribution is 2.24. The number of carbonyl (C=O) groups is 1. The van der Waals surface area contributed by atoms with Crippen molar-refractivity contribution < 1.29 is 17.9 Å². The van der Waals surface area contributed by atoms with Gasteiger partial charge in [-0.1, -0.05) is 6.92 Å². The van der Waals surface area contributed by atoms with Gasteiger partial charge in [0.15, 0.2) is 0 Å². The Bertz CT molecular complexity index is 522. The second-order valence-corrected chi connectivity index (χ2v) is 7.40. The van der Waals surface area contributed by atoms with Crippen molar-refractivity contribution in [3.05, 3.63) is 17.0 Å². The number of ether oxygens (including phenoxy) is 1. The van der Waals surface area contributed by atoms with Gasteiger partial charge in [-0.15, -0.1) is 11.3 Å². The predicted molar refractivity (Wildman–Crippen MR) is 74.8 cm³/mol. The molecule has 0 fully saturated rings. The molecule has 0 bridgehead atoms. The normalized spacial score (nSPS) is 11.8. The number of hydrogen-bond donors (Lipinski definition) is 0. The van der Waals surface area contributed by atoms with Crippen LogP contribution in [0.1, 0.15) is 25.1 Å². The molecular formula is C12H19NO4S2. The molecule has 0 unspecified atom stereocenters. The summed E-state index contributed by atoms with van der Waals surface area (Å²) in [6.07, 6.45) is 0.877. The molecule has 0 radical (unpaired) electrons. The Morgan fingerprint density at radius 1 is 1.37 bits per heavy atom. The van der Waals surface area contributed by atoms with E-state index in [-0.39, 0.29) is 18.9 Å². The number of nitrogens with zero attached hydrogens (tertiary/aromatic N) is 1. The van der Waals surface area contributed by atoms with Crippen molar-refractivity contribution in [2.45, 2.75) is 30.9 Å². The van der Waals surface area contributed by atoms with Crippen LogP contribution in [0.5, 0.6) is 0 Å². The molecule has 0 aliphatic carbocycles. The van der Waals surface area contributed by atoms with Crippen molar-refractivity contribution in [2.24, 2.45) is 0 Å². The summed E-state index contributed by atoms with van der Waals surface area (Å²) in [5.74, 6) is -0.384. The van der Waals surface area contributed by atoms with E-state index in [4.69, 9.17) is 4.74 Å². The molecule has 108 valence electrons. The minimum Gasteiger partial charge on any atom is -0.466 e. The zero-order valence-electron chi connectivity index (χ0n) is 11.4. The highest BCUT2D eigenvalue weighted by atomic mass is 32.2. The van der Waals surface area contributed by atoms with Crippen LogP contribution in [0.25, 0.3) is 0 Å². The predicted octanol–water partition coefficient (Wildman–Crippen LogP) is 1.88. The van der Waals surface area contributed by atoms with Crippen LogP contribution >= 0.6 is 11.3 Å². The van der Waals surface area contributed by atoms with Crippen LogP contribution in [-0.2, 0) is 26.0 Å². The first kappa shape index (κ1) is 16.1. The van der Waals surface area contributed by atoms with Gasteiger partial charge in [-0.05, 0) is 25.5 Å². The van der Waals surface area contributed by atoms with Gasteiger partial charge in [0, 0.05) is 18.5 Å². The molecule has 1 aromatic heterocycles. The topological polar surface area (TPSA) is 63.7 Å². The van der Waals surface area contributed by atoms with Crippen LogP contribution in [0.15, 0.2) is 16.3 Å². The molecule has 0 saturated heterocycles. The molecule has 19 heavy (non-hydrogen) atoms. The van der Waals surface area contributed by atoms with E-state index in [0.29, 0.717) is 10.8 Å². The monoisotopic (exact) mass is 305 g/mol. The highest BCUT2D eigenvalue weighted by molar-refractivity contribution is 7.91. The van der Waals surface area contributed by atoms with Gasteiger partial charge >= 0.3 is 5.97 Å². The zero-order valence-corrected chi connectivity index (χ0v) is 13.0. The van der Waals surface area contributed by atoms with Gasteiger partial charge < -0.3 is 4.74 Å². The maximum atomic E-state index is 12.2. The van der Waals surface area contributed by atoms with Crippen molar-refractivity contribution in [3.63, 3.8) is 0 Å². The molecule has 0 aliphatic rings. The summed E-state index contributed by atoms with van der Waals surface area (Å²) in [4.78, 5) is 12.2. The van der Waals surface area contributed by atoms with E-state index in [2.05, 4.69) is 0 Å². The average Bonchev–Trinajstić information content (AvgIpc) is 2.85. The average molecular weight is 305 g/mol. The molecule has 0 spiro atoms. The smallest absolute Gasteiger partial charge is 0.307 e. The van der Waals surface area contributed by atoms with Crippen LogP contribution < -0.4 is 0 Å². The van der Waals surface area contributed by atoms with E-state index in [1.807, 2.05) is 13.0 Å². The Hall–Kier alpha value is -0.920. The standard InChI is InChI=1S/C12H19NO4S2/c1-4-10-6-7-12(18-10)19(15,16)13(3)9-8-11(14)17-5-2/h6-7H,4-5,8-9H2,1-3H3. The van der Waals surface area contributed by atoms with E-state index in [0.717, 1.165) is 11.3 Å². The van der Waals surface area contributed by atoms with Crippen molar-refractivity contribution in [2.75, 3.05) is 20.2 Å². The summed E-state index contributed by atoms with van der Waals surface area (Å²) in [5, 5.41) is 0. The van der Waals surface area contributed by atoms with Crippen LogP contribution in [0.4, 0.5) is 0 Å². The number of thiophene rings is 1. The summed E-state index contributed by atoms with van der Waals surface area (Å²) in [5.41, 5.74) is 0. The SMILES string of the molecule is CCOC(=O)CCN(C)S(=O)(=O)c1ccc(CC)s1. The zero-order chi connectivity index (χ0) is 14.5. The summed E-state index contributed by atoms with van der Waals surface area (Å²) in [6, 6.07) is 3.43. The lowest BCUT2D eigenvalue weighted by atomic mass is 10.4. The minimum atomic E-state index is -3.49. The van der Waals surface area contributed by atoms with E-state index < -0.39 is 10.0 Å². The highest BCUT2D eigenvalue weighted by Gasteiger charge is 2.23. The Labute approximate surface area is 118 Å². The number of rotatable bonds is 7. The maximum Gasteiger partial charge on any atom is 0.307 e. The van der Waals surface area contributed by atoms with E-state index in [1.54, 1.807) is 13.0 Å². The van der Waals surface area contributed by atoms with Gasteiger partial charge in [-0.3, -0.25) is 4.79 Å². The fourth-order valence-corrected chi connectivity index (χ4v) is 4.12. The summed E-state index contributed by atoms with van der Waals surface area (Å²) in [7, 11) is -2.02. The van der Waals surface area contributed by atoms with Crippen molar-refractivity contribution >= 4 is 27.3 Å². The van der Waals surface area contributed by atoms with Gasteiger partial charge in [0.1, 0.15) is 4.21 Å². The van der Waals surface area contributed by atoms with E-state index in [9.17, 15) is 13.2 Å². The van der Waals surface area contributed by atoms with Crippen LogP contribution in [0.2, 0.25) is 0 Å². The molecule has 0 saturated carbocycles. The lowest BCUT2D eigenvalue weighted by Crippen LogP contribution is -2.29. The number of carbonyl (C=O) groups excluding carboxylic acids is 1. The molecule has 0 aliphatic heterocycles. The first-order valence-electron chi connectivity index (χ1n) is 6.12. The second kappa shape index (κ2) is 7.02. The summed E-state index contributed by atoms with van der Waals surface area (Å²) >= 11 is 1.27. The Balaban J connectivity index is 2.69. The third-order valence-corrected chi connectivity index (χ3v) is 6.14. The summed E-state index contributed by atoms with van der Waals surface area (Å²) < 4.78 is 30.7. The molecule has 1 heterocycles. The Morgan fingerprint density at radius 3 is 2.58 bits per heavy atom. The second-order valence-electron chi connectivity index (χ2n) is 3.96. The van der Waals surface area contributed by atoms with E-state index in [1.165, 1.54) is 22.7 Å². The fraction of sp³-hybridized carbons (Fsp3) is 0.583.